The lowest BCUT2D eigenvalue weighted by atomic mass is 10.5. The second-order valence-corrected chi connectivity index (χ2v) is 3.17. The fourth-order valence-electron chi connectivity index (χ4n) is 0.885. The van der Waals surface area contributed by atoms with Crippen molar-refractivity contribution in [3.05, 3.63) is 29.0 Å². The molecular formula is C7H6BrN5. The zero-order valence-electron chi connectivity index (χ0n) is 6.85. The van der Waals surface area contributed by atoms with Crippen molar-refractivity contribution >= 4 is 15.9 Å². The van der Waals surface area contributed by atoms with Crippen molar-refractivity contribution in [2.75, 3.05) is 0 Å². The van der Waals surface area contributed by atoms with E-state index in [0.29, 0.717) is 10.7 Å². The normalized spacial score (nSPS) is 10.3. The Morgan fingerprint density at radius 3 is 2.85 bits per heavy atom. The molecule has 0 N–H and O–H groups in total. The van der Waals surface area contributed by atoms with Crippen LogP contribution in [0.25, 0.3) is 5.95 Å². The van der Waals surface area contributed by atoms with Crippen molar-refractivity contribution in [3.8, 4) is 5.95 Å². The predicted molar refractivity (Wildman–Crippen MR) is 49.4 cm³/mol. The van der Waals surface area contributed by atoms with Crippen molar-refractivity contribution in [1.29, 1.82) is 0 Å². The molecule has 66 valence electrons. The van der Waals surface area contributed by atoms with Gasteiger partial charge in [-0.3, -0.25) is 0 Å². The zero-order chi connectivity index (χ0) is 9.26. The average molecular weight is 240 g/mol. The highest BCUT2D eigenvalue weighted by Gasteiger charge is 2.01. The molecule has 5 nitrogen and oxygen atoms in total. The summed E-state index contributed by atoms with van der Waals surface area (Å²) in [5.41, 5.74) is 0.900. The molecule has 0 aliphatic heterocycles. The van der Waals surface area contributed by atoms with Crippen LogP contribution in [0.15, 0.2) is 23.3 Å². The van der Waals surface area contributed by atoms with Gasteiger partial charge in [-0.1, -0.05) is 0 Å². The summed E-state index contributed by atoms with van der Waals surface area (Å²) in [6.07, 6.45) is 3.24. The molecule has 0 unspecified atom stereocenters. The van der Waals surface area contributed by atoms with Crippen molar-refractivity contribution < 1.29 is 0 Å². The fourth-order valence-corrected chi connectivity index (χ4v) is 1.15. The average Bonchev–Trinajstić information content (AvgIpc) is 2.52. The third-order valence-corrected chi connectivity index (χ3v) is 1.81. The minimum absolute atomic E-state index is 0.526. The van der Waals surface area contributed by atoms with E-state index >= 15 is 0 Å². The highest BCUT2D eigenvalue weighted by molar-refractivity contribution is 9.10. The quantitative estimate of drug-likeness (QED) is 0.749. The summed E-state index contributed by atoms with van der Waals surface area (Å²) < 4.78 is 2.04. The minimum Gasteiger partial charge on any atom is -0.220 e. The molecule has 13 heavy (non-hydrogen) atoms. The van der Waals surface area contributed by atoms with Crippen LogP contribution in [0.3, 0.4) is 0 Å². The van der Waals surface area contributed by atoms with Gasteiger partial charge in [-0.25, -0.2) is 15.0 Å². The van der Waals surface area contributed by atoms with E-state index in [1.54, 1.807) is 12.5 Å². The van der Waals surface area contributed by atoms with Crippen LogP contribution < -0.4 is 0 Å². The van der Waals surface area contributed by atoms with Crippen molar-refractivity contribution in [2.45, 2.75) is 6.92 Å². The molecule has 0 amide bonds. The van der Waals surface area contributed by atoms with E-state index in [-0.39, 0.29) is 0 Å². The van der Waals surface area contributed by atoms with Gasteiger partial charge < -0.3 is 0 Å². The molecule has 0 fully saturated rings. The molecule has 0 spiro atoms. The summed E-state index contributed by atoms with van der Waals surface area (Å²) >= 11 is 3.15. The lowest BCUT2D eigenvalue weighted by molar-refractivity contribution is 0.794. The minimum atomic E-state index is 0.526. The molecule has 0 atom stereocenters. The zero-order valence-corrected chi connectivity index (χ0v) is 8.43. The summed E-state index contributed by atoms with van der Waals surface area (Å²) in [4.78, 5) is 12.1. The molecule has 0 aromatic carbocycles. The van der Waals surface area contributed by atoms with Gasteiger partial charge >= 0.3 is 0 Å². The first kappa shape index (κ1) is 8.31. The van der Waals surface area contributed by atoms with Crippen LogP contribution in [0.4, 0.5) is 0 Å². The monoisotopic (exact) mass is 239 g/mol. The molecule has 0 bridgehead atoms. The summed E-state index contributed by atoms with van der Waals surface area (Å²) in [5.74, 6) is 0.526. The third kappa shape index (κ3) is 1.72. The molecular weight excluding hydrogens is 234 g/mol. The van der Waals surface area contributed by atoms with Crippen LogP contribution in [0.2, 0.25) is 0 Å². The van der Waals surface area contributed by atoms with Gasteiger partial charge in [-0.15, -0.1) is 5.10 Å². The van der Waals surface area contributed by atoms with Gasteiger partial charge in [0.2, 0.25) is 4.73 Å². The van der Waals surface area contributed by atoms with E-state index in [9.17, 15) is 0 Å². The topological polar surface area (TPSA) is 56.5 Å². The lowest BCUT2D eigenvalue weighted by Crippen LogP contribution is -2.01. The lowest BCUT2D eigenvalue weighted by Gasteiger charge is -1.97. The first-order valence-corrected chi connectivity index (χ1v) is 4.42. The largest absolute Gasteiger partial charge is 0.252 e. The molecule has 0 aliphatic carbocycles. The van der Waals surface area contributed by atoms with Gasteiger partial charge in [0.15, 0.2) is 0 Å². The van der Waals surface area contributed by atoms with Crippen LogP contribution in [-0.4, -0.2) is 24.7 Å². The Bertz CT molecular complexity index is 424. The van der Waals surface area contributed by atoms with Crippen LogP contribution in [0.5, 0.6) is 0 Å². The summed E-state index contributed by atoms with van der Waals surface area (Å²) in [6, 6.07) is 1.83. The number of nitrogens with zero attached hydrogens (tertiary/aromatic N) is 5. The van der Waals surface area contributed by atoms with Crippen LogP contribution in [0.1, 0.15) is 5.69 Å². The van der Waals surface area contributed by atoms with Crippen LogP contribution >= 0.6 is 15.9 Å². The van der Waals surface area contributed by atoms with Gasteiger partial charge in [0.25, 0.3) is 5.95 Å². The number of hydrogen-bond donors (Lipinski definition) is 0. The maximum absolute atomic E-state index is 4.19. The van der Waals surface area contributed by atoms with Gasteiger partial charge in [-0.2, -0.15) is 4.68 Å². The number of aromatic nitrogens is 5. The van der Waals surface area contributed by atoms with Gasteiger partial charge in [0.1, 0.15) is 6.33 Å². The predicted octanol–water partition coefficient (Wildman–Crippen LogP) is 1.13. The smallest absolute Gasteiger partial charge is 0.220 e. The van der Waals surface area contributed by atoms with Gasteiger partial charge in [0.05, 0.1) is 0 Å². The van der Waals surface area contributed by atoms with E-state index in [4.69, 9.17) is 0 Å². The molecule has 0 saturated carbocycles. The Hall–Kier alpha value is -1.30. The van der Waals surface area contributed by atoms with Crippen molar-refractivity contribution in [2.24, 2.45) is 0 Å². The summed E-state index contributed by atoms with van der Waals surface area (Å²) in [6.45, 7) is 1.90. The highest BCUT2D eigenvalue weighted by Crippen LogP contribution is 2.03. The molecule has 2 heterocycles. The molecule has 2 rings (SSSR count). The first-order valence-electron chi connectivity index (χ1n) is 3.63. The second-order valence-electron chi connectivity index (χ2n) is 2.46. The highest BCUT2D eigenvalue weighted by atomic mass is 79.9. The second kappa shape index (κ2) is 3.21. The Kier molecular flexibility index (Phi) is 2.05. The van der Waals surface area contributed by atoms with E-state index in [1.165, 1.54) is 4.68 Å². The van der Waals surface area contributed by atoms with E-state index in [1.807, 2.05) is 13.0 Å². The van der Waals surface area contributed by atoms with Gasteiger partial charge in [0, 0.05) is 11.9 Å². The molecule has 2 aromatic rings. The Morgan fingerprint density at radius 1 is 1.38 bits per heavy atom. The van der Waals surface area contributed by atoms with Crippen molar-refractivity contribution in [1.82, 2.24) is 24.7 Å². The Morgan fingerprint density at radius 2 is 2.23 bits per heavy atom. The third-order valence-electron chi connectivity index (χ3n) is 1.45. The maximum Gasteiger partial charge on any atom is 0.252 e. The SMILES string of the molecule is Cc1ccnc(-n2cnc(Br)n2)n1. The van der Waals surface area contributed by atoms with E-state index in [0.717, 1.165) is 5.69 Å². The number of hydrogen-bond acceptors (Lipinski definition) is 4. The first-order chi connectivity index (χ1) is 6.25. The van der Waals surface area contributed by atoms with E-state index < -0.39 is 0 Å². The van der Waals surface area contributed by atoms with Crippen molar-refractivity contribution in [3.63, 3.8) is 0 Å². The molecule has 0 radical (unpaired) electrons. The Labute approximate surface area is 83.0 Å². The standard InChI is InChI=1S/C7H6BrN5/c1-5-2-3-9-7(11-5)13-4-10-6(8)12-13/h2-4H,1H3. The number of halogens is 1. The Balaban J connectivity index is 2.46. The fraction of sp³-hybridized carbons (Fsp3) is 0.143. The van der Waals surface area contributed by atoms with Crippen LogP contribution in [0, 0.1) is 6.92 Å². The number of rotatable bonds is 1. The molecule has 0 saturated heterocycles. The van der Waals surface area contributed by atoms with Crippen LogP contribution in [-0.2, 0) is 0 Å². The molecule has 2 aromatic heterocycles. The maximum atomic E-state index is 4.19. The van der Waals surface area contributed by atoms with E-state index in [2.05, 4.69) is 36.0 Å². The molecule has 0 aliphatic rings. The summed E-state index contributed by atoms with van der Waals surface area (Å²) in [7, 11) is 0. The van der Waals surface area contributed by atoms with Gasteiger partial charge in [-0.05, 0) is 28.9 Å². The number of aryl methyl sites for hydroxylation is 1. The summed E-state index contributed by atoms with van der Waals surface area (Å²) in [5, 5.41) is 4.02. The molecule has 6 heteroatoms.